The second-order valence-electron chi connectivity index (χ2n) is 3.91. The van der Waals surface area contributed by atoms with Gasteiger partial charge >= 0.3 is 12.1 Å². The molecule has 1 heterocycles. The van der Waals surface area contributed by atoms with E-state index in [2.05, 4.69) is 20.0 Å². The molecule has 2 aromatic rings. The van der Waals surface area contributed by atoms with Gasteiger partial charge in [-0.15, -0.1) is 0 Å². The van der Waals surface area contributed by atoms with Crippen LogP contribution in [-0.2, 0) is 11.0 Å². The van der Waals surface area contributed by atoms with Gasteiger partial charge in [-0.3, -0.25) is 9.59 Å². The Kier molecular flexibility index (Phi) is 3.74. The van der Waals surface area contributed by atoms with Crippen molar-refractivity contribution in [3.8, 4) is 11.4 Å². The number of hydrogen-bond acceptors (Lipinski definition) is 5. The minimum Gasteiger partial charge on any atom is -0.352 e. The van der Waals surface area contributed by atoms with E-state index in [-0.39, 0.29) is 17.0 Å². The van der Waals surface area contributed by atoms with Crippen LogP contribution in [0.3, 0.4) is 0 Å². The Morgan fingerprint density at radius 3 is 2.29 bits per heavy atom. The number of alkyl halides is 3. The zero-order valence-electron chi connectivity index (χ0n) is 10.6. The van der Waals surface area contributed by atoms with Gasteiger partial charge in [0.1, 0.15) is 0 Å². The SMILES string of the molecule is CNC(=O)C(=O)c1ccc(-c2noc(C(F)(F)F)n2)cc1. The molecular weight excluding hydrogens is 291 g/mol. The van der Waals surface area contributed by atoms with Gasteiger partial charge in [-0.05, 0) is 0 Å². The van der Waals surface area contributed by atoms with E-state index >= 15 is 0 Å². The molecule has 0 bridgehead atoms. The second-order valence-corrected chi connectivity index (χ2v) is 3.91. The molecule has 1 N–H and O–H groups in total. The van der Waals surface area contributed by atoms with Gasteiger partial charge in [0.15, 0.2) is 0 Å². The van der Waals surface area contributed by atoms with Crippen LogP contribution in [0.1, 0.15) is 16.2 Å². The first-order chi connectivity index (χ1) is 9.82. The van der Waals surface area contributed by atoms with Crippen molar-refractivity contribution in [3.05, 3.63) is 35.7 Å². The van der Waals surface area contributed by atoms with E-state index in [9.17, 15) is 22.8 Å². The maximum absolute atomic E-state index is 12.3. The van der Waals surface area contributed by atoms with E-state index in [1.165, 1.54) is 31.3 Å². The van der Waals surface area contributed by atoms with Crippen molar-refractivity contribution in [3.63, 3.8) is 0 Å². The predicted octanol–water partition coefficient (Wildman–Crippen LogP) is 1.68. The maximum atomic E-state index is 12.3. The summed E-state index contributed by atoms with van der Waals surface area (Å²) in [5.41, 5.74) is 0.320. The Balaban J connectivity index is 2.25. The van der Waals surface area contributed by atoms with E-state index in [4.69, 9.17) is 0 Å². The average Bonchev–Trinajstić information content (AvgIpc) is 2.95. The first-order valence-electron chi connectivity index (χ1n) is 5.60. The van der Waals surface area contributed by atoms with Crippen LogP contribution >= 0.6 is 0 Å². The lowest BCUT2D eigenvalue weighted by atomic mass is 10.1. The molecule has 0 unspecified atom stereocenters. The fourth-order valence-corrected chi connectivity index (χ4v) is 1.47. The second kappa shape index (κ2) is 5.35. The molecule has 0 aliphatic heterocycles. The minimum atomic E-state index is -4.72. The molecule has 0 aliphatic rings. The van der Waals surface area contributed by atoms with Crippen LogP contribution in [0.2, 0.25) is 0 Å². The Bertz CT molecular complexity index is 677. The normalized spacial score (nSPS) is 11.2. The van der Waals surface area contributed by atoms with Crippen LogP contribution in [0.5, 0.6) is 0 Å². The highest BCUT2D eigenvalue weighted by molar-refractivity contribution is 6.42. The molecule has 1 aromatic heterocycles. The van der Waals surface area contributed by atoms with E-state index in [0.29, 0.717) is 0 Å². The third-order valence-corrected chi connectivity index (χ3v) is 2.51. The molecule has 0 spiro atoms. The molecule has 0 saturated heterocycles. The van der Waals surface area contributed by atoms with Gasteiger partial charge in [0.05, 0.1) is 0 Å². The van der Waals surface area contributed by atoms with Crippen molar-refractivity contribution in [1.29, 1.82) is 0 Å². The third-order valence-electron chi connectivity index (χ3n) is 2.51. The number of benzene rings is 1. The van der Waals surface area contributed by atoms with Crippen molar-refractivity contribution in [2.75, 3.05) is 7.05 Å². The highest BCUT2D eigenvalue weighted by Gasteiger charge is 2.38. The van der Waals surface area contributed by atoms with Gasteiger partial charge in [-0.25, -0.2) is 0 Å². The molecule has 0 fully saturated rings. The number of halogens is 3. The Morgan fingerprint density at radius 2 is 1.81 bits per heavy atom. The lowest BCUT2D eigenvalue weighted by Crippen LogP contribution is -2.27. The summed E-state index contributed by atoms with van der Waals surface area (Å²) in [4.78, 5) is 25.9. The summed E-state index contributed by atoms with van der Waals surface area (Å²) >= 11 is 0. The lowest BCUT2D eigenvalue weighted by Gasteiger charge is -2.00. The Hall–Kier alpha value is -2.71. The molecule has 9 heteroatoms. The Morgan fingerprint density at radius 1 is 1.19 bits per heavy atom. The molecule has 1 aromatic carbocycles. The molecule has 6 nitrogen and oxygen atoms in total. The summed E-state index contributed by atoms with van der Waals surface area (Å²) < 4.78 is 41.1. The van der Waals surface area contributed by atoms with Crippen LogP contribution in [0.25, 0.3) is 11.4 Å². The zero-order valence-corrected chi connectivity index (χ0v) is 10.6. The number of rotatable bonds is 3. The fourth-order valence-electron chi connectivity index (χ4n) is 1.47. The number of nitrogens with zero attached hydrogens (tertiary/aromatic N) is 2. The lowest BCUT2D eigenvalue weighted by molar-refractivity contribution is -0.159. The number of carbonyl (C=O) groups is 2. The fraction of sp³-hybridized carbons (Fsp3) is 0.167. The quantitative estimate of drug-likeness (QED) is 0.688. The van der Waals surface area contributed by atoms with Gasteiger partial charge in [-0.2, -0.15) is 18.2 Å². The molecule has 0 atom stereocenters. The van der Waals surface area contributed by atoms with Crippen LogP contribution in [-0.4, -0.2) is 28.9 Å². The summed E-state index contributed by atoms with van der Waals surface area (Å²) in [6, 6.07) is 5.22. The number of carbonyl (C=O) groups excluding carboxylic acids is 2. The average molecular weight is 299 g/mol. The Labute approximate surface area is 116 Å². The number of likely N-dealkylation sites (N-methyl/N-ethyl adjacent to an activating group) is 1. The van der Waals surface area contributed by atoms with E-state index in [1.807, 2.05) is 0 Å². The minimum absolute atomic E-state index is 0.0950. The summed E-state index contributed by atoms with van der Waals surface area (Å²) in [7, 11) is 1.31. The van der Waals surface area contributed by atoms with Crippen molar-refractivity contribution >= 4 is 11.7 Å². The molecule has 21 heavy (non-hydrogen) atoms. The topological polar surface area (TPSA) is 85.1 Å². The number of ketones is 1. The first-order valence-corrected chi connectivity index (χ1v) is 5.60. The molecule has 2 rings (SSSR count). The van der Waals surface area contributed by atoms with Crippen molar-refractivity contribution in [2.24, 2.45) is 0 Å². The van der Waals surface area contributed by atoms with Crippen molar-refractivity contribution in [2.45, 2.75) is 6.18 Å². The van der Waals surface area contributed by atoms with Crippen LogP contribution in [0.4, 0.5) is 13.2 Å². The summed E-state index contributed by atoms with van der Waals surface area (Å²) in [6.45, 7) is 0. The maximum Gasteiger partial charge on any atom is 0.471 e. The standard InChI is InChI=1S/C12H8F3N3O3/c1-16-10(20)8(19)6-2-4-7(5-3-6)9-17-11(21-18-9)12(13,14)15/h2-5H,1H3,(H,16,20). The largest absolute Gasteiger partial charge is 0.471 e. The summed E-state index contributed by atoms with van der Waals surface area (Å²) in [6.07, 6.45) is -4.72. The molecule has 0 radical (unpaired) electrons. The molecular formula is C12H8F3N3O3. The van der Waals surface area contributed by atoms with E-state index in [1.54, 1.807) is 0 Å². The van der Waals surface area contributed by atoms with Gasteiger partial charge < -0.3 is 9.84 Å². The van der Waals surface area contributed by atoms with Crippen molar-refractivity contribution < 1.29 is 27.3 Å². The molecule has 1 amide bonds. The molecule has 0 saturated carbocycles. The number of nitrogens with one attached hydrogen (secondary N) is 1. The third kappa shape index (κ3) is 3.07. The number of amides is 1. The number of aromatic nitrogens is 2. The molecule has 110 valence electrons. The smallest absolute Gasteiger partial charge is 0.352 e. The summed E-state index contributed by atoms with van der Waals surface area (Å²) in [5.74, 6) is -3.26. The van der Waals surface area contributed by atoms with Crippen LogP contribution in [0.15, 0.2) is 28.8 Å². The predicted molar refractivity (Wildman–Crippen MR) is 63.1 cm³/mol. The zero-order chi connectivity index (χ0) is 15.6. The monoisotopic (exact) mass is 299 g/mol. The van der Waals surface area contributed by atoms with Crippen LogP contribution < -0.4 is 5.32 Å². The van der Waals surface area contributed by atoms with Gasteiger partial charge in [0.25, 0.3) is 5.91 Å². The number of Topliss-reactive ketones (excluding diaryl/α,β-unsaturated/α-hetero) is 1. The van der Waals surface area contributed by atoms with Gasteiger partial charge in [0, 0.05) is 18.2 Å². The van der Waals surface area contributed by atoms with Gasteiger partial charge in [0.2, 0.25) is 11.6 Å². The van der Waals surface area contributed by atoms with E-state index < -0.39 is 23.8 Å². The van der Waals surface area contributed by atoms with E-state index in [0.717, 1.165) is 0 Å². The number of hydrogen-bond donors (Lipinski definition) is 1. The van der Waals surface area contributed by atoms with Gasteiger partial charge in [-0.1, -0.05) is 29.4 Å². The van der Waals surface area contributed by atoms with Crippen molar-refractivity contribution in [1.82, 2.24) is 15.5 Å². The highest BCUT2D eigenvalue weighted by Crippen LogP contribution is 2.29. The highest BCUT2D eigenvalue weighted by atomic mass is 19.4. The summed E-state index contributed by atoms with van der Waals surface area (Å²) in [5, 5.41) is 5.38. The van der Waals surface area contributed by atoms with Crippen LogP contribution in [0, 0.1) is 0 Å². The molecule has 0 aliphatic carbocycles. The first kappa shape index (κ1) is 14.7.